The number of nitrogens with one attached hydrogen (secondary N) is 2. The van der Waals surface area contributed by atoms with E-state index in [-0.39, 0.29) is 8.95 Å². The Kier molecular flexibility index (Phi) is 4.05. The number of aromatic nitrogens is 3. The number of carbonyl (C=O) groups is 1. The fourth-order valence-electron chi connectivity index (χ4n) is 4.06. The first-order valence-corrected chi connectivity index (χ1v) is 9.54. The number of aryl methyl sites for hydroxylation is 1. The van der Waals surface area contributed by atoms with Gasteiger partial charge in [0.05, 0.1) is 12.7 Å². The first kappa shape index (κ1) is 17.4. The number of rotatable bonds is 4. The maximum absolute atomic E-state index is 12.0. The Morgan fingerprint density at radius 2 is 2.03 bits per heavy atom. The lowest BCUT2D eigenvalue weighted by molar-refractivity contribution is 0.0547. The molecule has 1 saturated heterocycles. The van der Waals surface area contributed by atoms with Gasteiger partial charge in [0.1, 0.15) is 0 Å². The number of pyridine rings is 1. The van der Waals surface area contributed by atoms with Crippen LogP contribution in [0, 0.1) is 6.92 Å². The fourth-order valence-corrected chi connectivity index (χ4v) is 4.06. The summed E-state index contributed by atoms with van der Waals surface area (Å²) in [6.45, 7) is 2.49. The van der Waals surface area contributed by atoms with Gasteiger partial charge in [-0.15, -0.1) is 0 Å². The molecule has 1 unspecified atom stereocenters. The van der Waals surface area contributed by atoms with Crippen LogP contribution in [0.25, 0.3) is 22.2 Å². The van der Waals surface area contributed by atoms with Crippen LogP contribution in [0.1, 0.15) is 19.5 Å². The van der Waals surface area contributed by atoms with Crippen molar-refractivity contribution in [2.75, 3.05) is 6.54 Å². The molecular formula is C23H24N4O2. The molecule has 0 radical (unpaired) electrons. The molecule has 2 N–H and O–H groups in total. The van der Waals surface area contributed by atoms with Crippen molar-refractivity contribution in [3.63, 3.8) is 0 Å². The molecule has 1 atom stereocenters. The Balaban J connectivity index is 0.00000136. The largest absolute Gasteiger partial charge is 0.436 e. The van der Waals surface area contributed by atoms with Gasteiger partial charge in [0.15, 0.2) is 11.2 Å². The summed E-state index contributed by atoms with van der Waals surface area (Å²) in [4.78, 5) is 16.4. The average Bonchev–Trinajstić information content (AvgIpc) is 3.35. The van der Waals surface area contributed by atoms with Crippen LogP contribution in [0.3, 0.4) is 0 Å². The van der Waals surface area contributed by atoms with E-state index in [2.05, 4.69) is 57.8 Å². The highest BCUT2D eigenvalue weighted by molar-refractivity contribution is 5.92. The van der Waals surface area contributed by atoms with Crippen molar-refractivity contribution >= 4 is 17.1 Å². The molecule has 148 valence electrons. The molecule has 1 aliphatic heterocycles. The Hall–Kier alpha value is -3.67. The van der Waals surface area contributed by atoms with Crippen LogP contribution in [0.5, 0.6) is 0 Å². The highest BCUT2D eigenvalue weighted by Crippen LogP contribution is 2.37. The quantitative estimate of drug-likeness (QED) is 0.535. The van der Waals surface area contributed by atoms with E-state index < -0.39 is 5.60 Å². The topological polar surface area (TPSA) is 79.9 Å². The number of alkyl carbamates (subject to hydrolysis) is 1. The maximum Gasteiger partial charge on any atom is 0.408 e. The number of ether oxygens (including phenoxy) is 1. The summed E-state index contributed by atoms with van der Waals surface area (Å²) in [6.07, 6.45) is 3.78. The second-order valence-electron chi connectivity index (χ2n) is 7.48. The molecular weight excluding hydrogens is 364 g/mol. The number of aromatic amines is 1. The normalized spacial score (nSPS) is 18.6. The Morgan fingerprint density at radius 1 is 1.17 bits per heavy atom. The summed E-state index contributed by atoms with van der Waals surface area (Å²) < 4.78 is 5.88. The maximum atomic E-state index is 12.0. The van der Waals surface area contributed by atoms with Crippen molar-refractivity contribution in [2.24, 2.45) is 0 Å². The number of benzene rings is 2. The second-order valence-corrected chi connectivity index (χ2v) is 7.48. The summed E-state index contributed by atoms with van der Waals surface area (Å²) in [5.74, 6) is 0. The molecule has 6 heteroatoms. The first-order valence-electron chi connectivity index (χ1n) is 9.54. The van der Waals surface area contributed by atoms with Crippen LogP contribution < -0.4 is 5.32 Å². The van der Waals surface area contributed by atoms with Crippen molar-refractivity contribution in [3.05, 3.63) is 83.7 Å². The fraction of sp³-hybridized carbons (Fsp3) is 0.174. The van der Waals surface area contributed by atoms with E-state index >= 15 is 0 Å². The number of fused-ring (bicyclic) bond motifs is 1. The molecule has 3 heterocycles. The minimum atomic E-state index is -0.748. The summed E-state index contributed by atoms with van der Waals surface area (Å²) in [7, 11) is 0. The van der Waals surface area contributed by atoms with Gasteiger partial charge in [-0.2, -0.15) is 5.10 Å². The van der Waals surface area contributed by atoms with Crippen LogP contribution >= 0.6 is 0 Å². The molecule has 0 saturated carbocycles. The molecule has 1 aliphatic rings. The van der Waals surface area contributed by atoms with E-state index in [0.29, 0.717) is 13.0 Å². The predicted octanol–water partition coefficient (Wildman–Crippen LogP) is 4.60. The summed E-state index contributed by atoms with van der Waals surface area (Å²) in [5.41, 5.74) is 5.28. The van der Waals surface area contributed by atoms with Gasteiger partial charge in [-0.05, 0) is 41.3 Å². The lowest BCUT2D eigenvalue weighted by Crippen LogP contribution is -2.33. The van der Waals surface area contributed by atoms with Crippen molar-refractivity contribution in [2.45, 2.75) is 18.9 Å². The minimum Gasteiger partial charge on any atom is -0.436 e. The van der Waals surface area contributed by atoms with E-state index in [4.69, 9.17) is 4.74 Å². The zero-order chi connectivity index (χ0) is 19.8. The van der Waals surface area contributed by atoms with E-state index in [1.165, 1.54) is 0 Å². The Bertz CT molecular complexity index is 1210. The third kappa shape index (κ3) is 3.12. The molecule has 5 rings (SSSR count). The van der Waals surface area contributed by atoms with Crippen molar-refractivity contribution in [1.82, 2.24) is 20.5 Å². The van der Waals surface area contributed by atoms with Gasteiger partial charge in [0.2, 0.25) is 0 Å². The zero-order valence-corrected chi connectivity index (χ0v) is 16.0. The lowest BCUT2D eigenvalue weighted by atomic mass is 9.84. The summed E-state index contributed by atoms with van der Waals surface area (Å²) >= 11 is 0. The molecule has 6 nitrogen and oxygen atoms in total. The van der Waals surface area contributed by atoms with Gasteiger partial charge in [0.25, 0.3) is 0 Å². The van der Waals surface area contributed by atoms with Gasteiger partial charge >= 0.3 is 6.09 Å². The molecule has 0 spiro atoms. The Morgan fingerprint density at radius 3 is 2.83 bits per heavy atom. The van der Waals surface area contributed by atoms with Crippen LogP contribution in [-0.2, 0) is 16.8 Å². The lowest BCUT2D eigenvalue weighted by Gasteiger charge is -2.28. The second kappa shape index (κ2) is 6.74. The summed E-state index contributed by atoms with van der Waals surface area (Å²) in [6, 6.07) is 18.4. The number of hydrogen-bond donors (Lipinski definition) is 2. The molecule has 2 aromatic heterocycles. The van der Waals surface area contributed by atoms with E-state index in [9.17, 15) is 4.79 Å². The van der Waals surface area contributed by atoms with Gasteiger partial charge in [-0.1, -0.05) is 48.0 Å². The first-order chi connectivity index (χ1) is 14.1. The van der Waals surface area contributed by atoms with Crippen LogP contribution in [0.4, 0.5) is 4.79 Å². The molecule has 0 bridgehead atoms. The molecule has 1 fully saturated rings. The van der Waals surface area contributed by atoms with E-state index in [0.717, 1.165) is 38.9 Å². The van der Waals surface area contributed by atoms with Crippen molar-refractivity contribution in [3.8, 4) is 11.1 Å². The minimum absolute atomic E-state index is 0. The van der Waals surface area contributed by atoms with E-state index in [1.54, 1.807) is 12.4 Å². The molecule has 1 amide bonds. The molecule has 2 aromatic carbocycles. The van der Waals surface area contributed by atoms with Gasteiger partial charge in [-0.3, -0.25) is 5.10 Å². The number of carbonyl (C=O) groups excluding carboxylic acids is 1. The molecule has 0 aliphatic carbocycles. The average molecular weight is 388 g/mol. The van der Waals surface area contributed by atoms with E-state index in [1.807, 2.05) is 24.3 Å². The number of cyclic esters (lactones) is 1. The molecule has 29 heavy (non-hydrogen) atoms. The smallest absolute Gasteiger partial charge is 0.408 e. The predicted molar refractivity (Wildman–Crippen MR) is 115 cm³/mol. The zero-order valence-electron chi connectivity index (χ0n) is 16.0. The Labute approximate surface area is 170 Å². The van der Waals surface area contributed by atoms with Crippen LogP contribution in [0.15, 0.2) is 67.0 Å². The number of nitrogens with zero attached hydrogens (tertiary/aromatic N) is 2. The van der Waals surface area contributed by atoms with Gasteiger partial charge in [-0.25, -0.2) is 9.78 Å². The SMILES string of the molecule is Cc1cc(-c2ccnc3[nH]ncc23)cc(C2(Cc3ccccc3)CNC(=O)O2)c1.[HH].[HH]. The standard InChI is InChI=1S/C23H20N4O2.2H2/c1-15-9-17(19-7-8-24-21-20(19)13-26-27-21)11-18(10-15)23(14-25-22(28)29-23)12-16-5-3-2-4-6-16;;/h2-11,13H,12,14H2,1H3,(H,25,28)(H,24,26,27);2*1H. The van der Waals surface area contributed by atoms with Crippen molar-refractivity contribution < 1.29 is 12.4 Å². The third-order valence-electron chi connectivity index (χ3n) is 5.41. The van der Waals surface area contributed by atoms with Crippen LogP contribution in [0.2, 0.25) is 0 Å². The molecule has 4 aromatic rings. The van der Waals surface area contributed by atoms with Crippen LogP contribution in [-0.4, -0.2) is 27.8 Å². The van der Waals surface area contributed by atoms with Gasteiger partial charge in [0, 0.05) is 20.9 Å². The number of H-pyrrole nitrogens is 1. The third-order valence-corrected chi connectivity index (χ3v) is 5.41. The number of amides is 1. The summed E-state index contributed by atoms with van der Waals surface area (Å²) in [5, 5.41) is 10.8. The number of hydrogen-bond acceptors (Lipinski definition) is 4. The van der Waals surface area contributed by atoms with Gasteiger partial charge < -0.3 is 10.1 Å². The monoisotopic (exact) mass is 388 g/mol. The highest BCUT2D eigenvalue weighted by atomic mass is 16.6. The highest BCUT2D eigenvalue weighted by Gasteiger charge is 2.42. The van der Waals surface area contributed by atoms with Crippen molar-refractivity contribution in [1.29, 1.82) is 0 Å².